The van der Waals surface area contributed by atoms with E-state index in [-0.39, 0.29) is 29.7 Å². The number of sulfonamides is 1. The molecule has 118 valence electrons. The Morgan fingerprint density at radius 3 is 2.62 bits per heavy atom. The molecule has 0 radical (unpaired) electrons. The minimum atomic E-state index is -3.64. The molecule has 2 N–H and O–H groups in total. The average Bonchev–Trinajstić information content (AvgIpc) is 2.35. The molecule has 0 bridgehead atoms. The van der Waals surface area contributed by atoms with Crippen molar-refractivity contribution in [2.45, 2.75) is 19.8 Å². The van der Waals surface area contributed by atoms with E-state index in [0.717, 1.165) is 24.6 Å². The third kappa shape index (κ3) is 6.05. The number of non-ortho nitro benzene ring substituents is 1. The molecule has 0 aliphatic carbocycles. The maximum absolute atomic E-state index is 13.6. The molecule has 21 heavy (non-hydrogen) atoms. The molecule has 1 aromatic rings. The van der Waals surface area contributed by atoms with E-state index in [1.54, 1.807) is 0 Å². The first-order chi connectivity index (χ1) is 9.73. The fraction of sp³-hybridized carbons (Fsp3) is 0.500. The van der Waals surface area contributed by atoms with Gasteiger partial charge in [-0.1, -0.05) is 13.3 Å². The first-order valence-corrected chi connectivity index (χ1v) is 8.01. The Morgan fingerprint density at radius 1 is 1.48 bits per heavy atom. The first-order valence-electron chi connectivity index (χ1n) is 6.30. The number of nitro benzene ring substituents is 1. The van der Waals surface area contributed by atoms with Crippen molar-refractivity contribution >= 4 is 15.7 Å². The minimum absolute atomic E-state index is 0.0288. The summed E-state index contributed by atoms with van der Waals surface area (Å²) in [4.78, 5) is 9.78. The molecule has 0 spiro atoms. The molecule has 0 aliphatic heterocycles. The van der Waals surface area contributed by atoms with E-state index in [4.69, 9.17) is 9.88 Å². The van der Waals surface area contributed by atoms with Gasteiger partial charge in [0.15, 0.2) is 11.6 Å². The molecule has 0 amide bonds. The van der Waals surface area contributed by atoms with E-state index in [9.17, 15) is 22.9 Å². The maximum atomic E-state index is 13.6. The number of primary sulfonamides is 1. The van der Waals surface area contributed by atoms with Crippen LogP contribution in [0.25, 0.3) is 0 Å². The molecule has 1 rings (SSSR count). The van der Waals surface area contributed by atoms with E-state index >= 15 is 0 Å². The van der Waals surface area contributed by atoms with Crippen LogP contribution in [0.1, 0.15) is 19.8 Å². The summed E-state index contributed by atoms with van der Waals surface area (Å²) in [6.45, 7) is 1.85. The van der Waals surface area contributed by atoms with Gasteiger partial charge in [-0.15, -0.1) is 0 Å². The average molecular weight is 320 g/mol. The highest BCUT2D eigenvalue weighted by atomic mass is 32.2. The number of hydrogen-bond acceptors (Lipinski definition) is 5. The van der Waals surface area contributed by atoms with Crippen LogP contribution in [0, 0.1) is 21.8 Å². The lowest BCUT2D eigenvalue weighted by Gasteiger charge is -2.16. The van der Waals surface area contributed by atoms with Crippen molar-refractivity contribution in [1.82, 2.24) is 0 Å². The zero-order valence-electron chi connectivity index (χ0n) is 11.5. The molecular formula is C12H17FN2O5S. The van der Waals surface area contributed by atoms with Crippen LogP contribution in [0.15, 0.2) is 18.2 Å². The second kappa shape index (κ2) is 7.32. The number of halogens is 1. The Kier molecular flexibility index (Phi) is 6.03. The van der Waals surface area contributed by atoms with Crippen molar-refractivity contribution in [3.8, 4) is 5.75 Å². The molecule has 0 saturated carbocycles. The second-order valence-electron chi connectivity index (χ2n) is 4.67. The summed E-state index contributed by atoms with van der Waals surface area (Å²) in [6.07, 6.45) is 1.29. The molecule has 0 aliphatic rings. The summed E-state index contributed by atoms with van der Waals surface area (Å²) in [5.74, 6) is -1.64. The Hall–Kier alpha value is -1.74. The van der Waals surface area contributed by atoms with Gasteiger partial charge in [-0.25, -0.2) is 17.9 Å². The van der Waals surface area contributed by atoms with E-state index in [1.165, 1.54) is 0 Å². The molecule has 0 saturated heterocycles. The van der Waals surface area contributed by atoms with Gasteiger partial charge in [0.2, 0.25) is 10.0 Å². The second-order valence-corrected chi connectivity index (χ2v) is 6.33. The van der Waals surface area contributed by atoms with Crippen molar-refractivity contribution < 1.29 is 22.5 Å². The highest BCUT2D eigenvalue weighted by molar-refractivity contribution is 7.89. The predicted octanol–water partition coefficient (Wildman–Crippen LogP) is 1.82. The third-order valence-electron chi connectivity index (χ3n) is 2.77. The van der Waals surface area contributed by atoms with Crippen molar-refractivity contribution in [2.24, 2.45) is 11.1 Å². The van der Waals surface area contributed by atoms with Gasteiger partial charge in [0.25, 0.3) is 5.69 Å². The van der Waals surface area contributed by atoms with Gasteiger partial charge in [-0.05, 0) is 12.5 Å². The van der Waals surface area contributed by atoms with Crippen LogP contribution in [-0.4, -0.2) is 25.7 Å². The van der Waals surface area contributed by atoms with Crippen LogP contribution in [0.3, 0.4) is 0 Å². The quantitative estimate of drug-likeness (QED) is 0.580. The molecule has 1 atom stereocenters. The van der Waals surface area contributed by atoms with Crippen molar-refractivity contribution in [1.29, 1.82) is 0 Å². The SMILES string of the molecule is CCCC(COc1ccc([N+](=O)[O-])cc1F)CS(N)(=O)=O. The van der Waals surface area contributed by atoms with E-state index in [0.29, 0.717) is 6.42 Å². The predicted molar refractivity (Wildman–Crippen MR) is 74.9 cm³/mol. The van der Waals surface area contributed by atoms with Crippen molar-refractivity contribution in [3.05, 3.63) is 34.1 Å². The zero-order chi connectivity index (χ0) is 16.0. The Labute approximate surface area is 122 Å². The number of ether oxygens (including phenoxy) is 1. The van der Waals surface area contributed by atoms with Gasteiger partial charge in [0, 0.05) is 12.0 Å². The van der Waals surface area contributed by atoms with Gasteiger partial charge in [0.1, 0.15) is 0 Å². The number of nitro groups is 1. The molecule has 0 heterocycles. The monoisotopic (exact) mass is 320 g/mol. The highest BCUT2D eigenvalue weighted by Gasteiger charge is 2.18. The zero-order valence-corrected chi connectivity index (χ0v) is 12.3. The minimum Gasteiger partial charge on any atom is -0.490 e. The van der Waals surface area contributed by atoms with Crippen LogP contribution in [0.4, 0.5) is 10.1 Å². The standard InChI is InChI=1S/C12H17FN2O5S/c1-2-3-9(8-21(14,18)19)7-20-12-5-4-10(15(16)17)6-11(12)13/h4-6,9H,2-3,7-8H2,1H3,(H2,14,18,19). The summed E-state index contributed by atoms with van der Waals surface area (Å²) in [7, 11) is -3.64. The summed E-state index contributed by atoms with van der Waals surface area (Å²) >= 11 is 0. The number of benzene rings is 1. The Bertz CT molecular complexity index is 606. The molecule has 1 unspecified atom stereocenters. The number of rotatable bonds is 8. The first kappa shape index (κ1) is 17.3. The van der Waals surface area contributed by atoms with Crippen LogP contribution < -0.4 is 9.88 Å². The maximum Gasteiger partial charge on any atom is 0.272 e. The van der Waals surface area contributed by atoms with Gasteiger partial charge < -0.3 is 4.74 Å². The summed E-state index contributed by atoms with van der Waals surface area (Å²) in [6, 6.07) is 3.02. The molecule has 0 fully saturated rings. The molecule has 1 aromatic carbocycles. The van der Waals surface area contributed by atoms with E-state index in [1.807, 2.05) is 6.92 Å². The van der Waals surface area contributed by atoms with Gasteiger partial charge in [-0.2, -0.15) is 0 Å². The van der Waals surface area contributed by atoms with Crippen LogP contribution in [-0.2, 0) is 10.0 Å². The van der Waals surface area contributed by atoms with Crippen molar-refractivity contribution in [2.75, 3.05) is 12.4 Å². The number of nitrogens with zero attached hydrogens (tertiary/aromatic N) is 1. The topological polar surface area (TPSA) is 113 Å². The van der Waals surface area contributed by atoms with Crippen LogP contribution in [0.5, 0.6) is 5.75 Å². The number of nitrogens with two attached hydrogens (primary N) is 1. The molecule has 9 heteroatoms. The Morgan fingerprint density at radius 2 is 2.14 bits per heavy atom. The lowest BCUT2D eigenvalue weighted by atomic mass is 10.1. The fourth-order valence-corrected chi connectivity index (χ4v) is 2.80. The largest absolute Gasteiger partial charge is 0.490 e. The fourth-order valence-electron chi connectivity index (χ4n) is 1.88. The van der Waals surface area contributed by atoms with Crippen LogP contribution >= 0.6 is 0 Å². The van der Waals surface area contributed by atoms with Gasteiger partial charge in [-0.3, -0.25) is 10.1 Å². The van der Waals surface area contributed by atoms with Crippen molar-refractivity contribution in [3.63, 3.8) is 0 Å². The molecular weight excluding hydrogens is 303 g/mol. The van der Waals surface area contributed by atoms with E-state index in [2.05, 4.69) is 0 Å². The summed E-state index contributed by atoms with van der Waals surface area (Å²) < 4.78 is 41.0. The molecule has 0 aromatic heterocycles. The third-order valence-corrected chi connectivity index (χ3v) is 3.70. The summed E-state index contributed by atoms with van der Waals surface area (Å²) in [5.41, 5.74) is -0.380. The lowest BCUT2D eigenvalue weighted by molar-refractivity contribution is -0.385. The smallest absolute Gasteiger partial charge is 0.272 e. The Balaban J connectivity index is 2.73. The molecule has 7 nitrogen and oxygen atoms in total. The summed E-state index contributed by atoms with van der Waals surface area (Å²) in [5, 5.41) is 15.5. The normalized spacial score (nSPS) is 12.9. The van der Waals surface area contributed by atoms with E-state index < -0.39 is 20.8 Å². The number of hydrogen-bond donors (Lipinski definition) is 1. The van der Waals surface area contributed by atoms with Gasteiger partial charge >= 0.3 is 0 Å². The van der Waals surface area contributed by atoms with Crippen LogP contribution in [0.2, 0.25) is 0 Å². The highest BCUT2D eigenvalue weighted by Crippen LogP contribution is 2.23. The lowest BCUT2D eigenvalue weighted by Crippen LogP contribution is -2.27. The van der Waals surface area contributed by atoms with Gasteiger partial charge in [0.05, 0.1) is 23.3 Å².